The molecule has 0 unspecified atom stereocenters. The number of nitrogen functional groups attached to an aromatic ring is 1. The van der Waals surface area contributed by atoms with Crippen LogP contribution in [0.15, 0.2) is 35.9 Å². The van der Waals surface area contributed by atoms with Gasteiger partial charge in [-0.2, -0.15) is 0 Å². The zero-order chi connectivity index (χ0) is 20.8. The lowest BCUT2D eigenvalue weighted by Crippen LogP contribution is -2.13. The molecule has 0 spiro atoms. The van der Waals surface area contributed by atoms with Crippen molar-refractivity contribution in [3.05, 3.63) is 47.0 Å². The van der Waals surface area contributed by atoms with Crippen LogP contribution in [0.3, 0.4) is 0 Å². The van der Waals surface area contributed by atoms with Crippen molar-refractivity contribution >= 4 is 23.2 Å². The molecule has 0 atom stereocenters. The third-order valence-electron chi connectivity index (χ3n) is 4.51. The Morgan fingerprint density at radius 2 is 1.71 bits per heavy atom. The average Bonchev–Trinajstić information content (AvgIpc) is 2.70. The maximum Gasteiger partial charge on any atom is 0.203 e. The normalized spacial score (nSPS) is 11.1. The molecule has 6 nitrogen and oxygen atoms in total. The quantitative estimate of drug-likeness (QED) is 0.421. The second kappa shape index (κ2) is 9.17. The first-order valence-corrected chi connectivity index (χ1v) is 8.98. The zero-order valence-corrected chi connectivity index (χ0v) is 17.3. The summed E-state index contributed by atoms with van der Waals surface area (Å²) < 4.78 is 16.3. The molecule has 2 rings (SSSR count). The molecule has 0 saturated heterocycles. The van der Waals surface area contributed by atoms with Gasteiger partial charge in [0.15, 0.2) is 17.3 Å². The Kier molecular flexibility index (Phi) is 6.93. The van der Waals surface area contributed by atoms with Crippen LogP contribution in [0, 0.1) is 0 Å². The molecule has 2 aromatic rings. The van der Waals surface area contributed by atoms with Gasteiger partial charge in [-0.05, 0) is 42.8 Å². The molecule has 150 valence electrons. The first-order chi connectivity index (χ1) is 13.4. The van der Waals surface area contributed by atoms with Crippen LogP contribution < -0.4 is 24.8 Å². The van der Waals surface area contributed by atoms with Gasteiger partial charge in [0.05, 0.1) is 32.7 Å². The van der Waals surface area contributed by atoms with Crippen molar-refractivity contribution in [2.45, 2.75) is 13.3 Å². The Labute approximate surface area is 166 Å². The highest BCUT2D eigenvalue weighted by atomic mass is 16.5. The van der Waals surface area contributed by atoms with E-state index in [1.165, 1.54) is 0 Å². The molecule has 0 aliphatic heterocycles. The summed E-state index contributed by atoms with van der Waals surface area (Å²) in [5.74, 6) is 1.52. The van der Waals surface area contributed by atoms with Crippen LogP contribution in [-0.2, 0) is 0 Å². The van der Waals surface area contributed by atoms with E-state index >= 15 is 0 Å². The van der Waals surface area contributed by atoms with Gasteiger partial charge in [-0.1, -0.05) is 6.92 Å². The lowest BCUT2D eigenvalue weighted by Gasteiger charge is -2.17. The molecule has 0 aromatic heterocycles. The van der Waals surface area contributed by atoms with E-state index in [4.69, 9.17) is 19.9 Å². The van der Waals surface area contributed by atoms with E-state index in [2.05, 4.69) is 0 Å². The maximum absolute atomic E-state index is 13.1. The molecular weight excluding hydrogens is 356 g/mol. The lowest BCUT2D eigenvalue weighted by molar-refractivity contribution is 0.103. The highest BCUT2D eigenvalue weighted by Gasteiger charge is 2.18. The first kappa shape index (κ1) is 21.2. The highest BCUT2D eigenvalue weighted by molar-refractivity contribution is 6.12. The summed E-state index contributed by atoms with van der Waals surface area (Å²) in [6, 6.07) is 8.95. The number of ether oxygens (including phenoxy) is 3. The number of hydrogen-bond acceptors (Lipinski definition) is 6. The molecule has 2 N–H and O–H groups in total. The van der Waals surface area contributed by atoms with Crippen LogP contribution in [0.4, 0.5) is 11.4 Å². The van der Waals surface area contributed by atoms with Crippen molar-refractivity contribution in [3.63, 3.8) is 0 Å². The fourth-order valence-electron chi connectivity index (χ4n) is 3.01. The number of Topliss-reactive ketones (excluding diaryl/α,β-unsaturated/α-hetero) is 1. The molecule has 0 amide bonds. The van der Waals surface area contributed by atoms with Gasteiger partial charge in [-0.25, -0.2) is 0 Å². The number of nitrogens with zero attached hydrogens (tertiary/aromatic N) is 1. The Morgan fingerprint density at radius 3 is 2.25 bits per heavy atom. The largest absolute Gasteiger partial charge is 0.493 e. The van der Waals surface area contributed by atoms with E-state index in [1.54, 1.807) is 39.5 Å². The van der Waals surface area contributed by atoms with Gasteiger partial charge in [0.25, 0.3) is 0 Å². The van der Waals surface area contributed by atoms with Gasteiger partial charge in [0.1, 0.15) is 0 Å². The Bertz CT molecular complexity index is 888. The predicted octanol–water partition coefficient (Wildman–Crippen LogP) is 4.04. The highest BCUT2D eigenvalue weighted by Crippen LogP contribution is 2.41. The number of hydrogen-bond donors (Lipinski definition) is 1. The summed E-state index contributed by atoms with van der Waals surface area (Å²) in [6.45, 7) is 1.95. The molecule has 0 bridgehead atoms. The fraction of sp³-hybridized carbons (Fsp3) is 0.318. The molecule has 2 aromatic carbocycles. The van der Waals surface area contributed by atoms with Crippen molar-refractivity contribution in [3.8, 4) is 17.2 Å². The molecule has 0 fully saturated rings. The van der Waals surface area contributed by atoms with Crippen molar-refractivity contribution in [2.24, 2.45) is 0 Å². The SMILES string of the molecule is CCC(=Cc1ccc(OC)c(OC)c1OC)C(=O)c1ccc(N)c(N(C)C)c1. The second-order valence-corrected chi connectivity index (χ2v) is 6.44. The monoisotopic (exact) mass is 384 g/mol. The Balaban J connectivity index is 2.52. The van der Waals surface area contributed by atoms with E-state index in [9.17, 15) is 4.79 Å². The maximum atomic E-state index is 13.1. The minimum atomic E-state index is -0.0533. The summed E-state index contributed by atoms with van der Waals surface area (Å²) in [5.41, 5.74) is 9.44. The van der Waals surface area contributed by atoms with Gasteiger partial charge in [0, 0.05) is 30.8 Å². The van der Waals surface area contributed by atoms with Crippen LogP contribution >= 0.6 is 0 Å². The van der Waals surface area contributed by atoms with Gasteiger partial charge in [-0.15, -0.1) is 0 Å². The van der Waals surface area contributed by atoms with E-state index in [1.807, 2.05) is 44.1 Å². The summed E-state index contributed by atoms with van der Waals surface area (Å²) in [7, 11) is 8.47. The van der Waals surface area contributed by atoms with E-state index in [0.29, 0.717) is 40.5 Å². The average molecular weight is 384 g/mol. The standard InChI is InChI=1S/C22H28N2O4/c1-7-14(20(25)15-8-10-17(23)18(13-15)24(2)3)12-16-9-11-19(26-4)22(28-6)21(16)27-5/h8-13H,7,23H2,1-6H3. The Morgan fingerprint density at radius 1 is 1.04 bits per heavy atom. The molecule has 6 heteroatoms. The number of carbonyl (C=O) groups excluding carboxylic acids is 1. The third kappa shape index (κ3) is 4.22. The minimum Gasteiger partial charge on any atom is -0.493 e. The molecule has 0 aliphatic carbocycles. The number of methoxy groups -OCH3 is 3. The smallest absolute Gasteiger partial charge is 0.203 e. The number of allylic oxidation sites excluding steroid dienone is 1. The number of anilines is 2. The fourth-order valence-corrected chi connectivity index (χ4v) is 3.01. The van der Waals surface area contributed by atoms with Crippen molar-refractivity contribution in [2.75, 3.05) is 46.1 Å². The summed E-state index contributed by atoms with van der Waals surface area (Å²) in [4.78, 5) is 15.0. The van der Waals surface area contributed by atoms with E-state index < -0.39 is 0 Å². The molecule has 0 aliphatic rings. The number of rotatable bonds is 8. The third-order valence-corrected chi connectivity index (χ3v) is 4.51. The molecule has 0 saturated carbocycles. The zero-order valence-electron chi connectivity index (χ0n) is 17.3. The van der Waals surface area contributed by atoms with Crippen molar-refractivity contribution in [1.82, 2.24) is 0 Å². The Hall–Kier alpha value is -3.15. The summed E-state index contributed by atoms with van der Waals surface area (Å²) >= 11 is 0. The van der Waals surface area contributed by atoms with Crippen LogP contribution in [0.1, 0.15) is 29.3 Å². The van der Waals surface area contributed by atoms with Crippen molar-refractivity contribution in [1.29, 1.82) is 0 Å². The second-order valence-electron chi connectivity index (χ2n) is 6.44. The first-order valence-electron chi connectivity index (χ1n) is 8.98. The van der Waals surface area contributed by atoms with Gasteiger partial charge in [0.2, 0.25) is 5.75 Å². The van der Waals surface area contributed by atoms with Crippen LogP contribution in [0.25, 0.3) is 6.08 Å². The number of carbonyl (C=O) groups is 1. The molecule has 0 radical (unpaired) electrons. The van der Waals surface area contributed by atoms with Crippen LogP contribution in [0.5, 0.6) is 17.2 Å². The number of ketones is 1. The summed E-state index contributed by atoms with van der Waals surface area (Å²) in [5, 5.41) is 0. The number of nitrogens with two attached hydrogens (primary N) is 1. The van der Waals surface area contributed by atoms with E-state index in [0.717, 1.165) is 11.3 Å². The summed E-state index contributed by atoms with van der Waals surface area (Å²) in [6.07, 6.45) is 2.40. The predicted molar refractivity (Wildman–Crippen MR) is 114 cm³/mol. The van der Waals surface area contributed by atoms with Gasteiger partial charge in [-0.3, -0.25) is 4.79 Å². The number of benzene rings is 2. The van der Waals surface area contributed by atoms with Crippen LogP contribution in [0.2, 0.25) is 0 Å². The topological polar surface area (TPSA) is 74.0 Å². The van der Waals surface area contributed by atoms with Gasteiger partial charge >= 0.3 is 0 Å². The van der Waals surface area contributed by atoms with E-state index in [-0.39, 0.29) is 5.78 Å². The van der Waals surface area contributed by atoms with Crippen molar-refractivity contribution < 1.29 is 19.0 Å². The molecule has 0 heterocycles. The molecular formula is C22H28N2O4. The van der Waals surface area contributed by atoms with Crippen LogP contribution in [-0.4, -0.2) is 41.2 Å². The lowest BCUT2D eigenvalue weighted by atomic mass is 9.97. The molecule has 28 heavy (non-hydrogen) atoms. The minimum absolute atomic E-state index is 0.0533. The van der Waals surface area contributed by atoms with Gasteiger partial charge < -0.3 is 24.8 Å².